The smallest absolute Gasteiger partial charge is 0.265 e. The van der Waals surface area contributed by atoms with Gasteiger partial charge in [0.15, 0.2) is 0 Å². The Kier molecular flexibility index (Phi) is 5.59. The number of thiazole rings is 1. The molecule has 0 spiro atoms. The summed E-state index contributed by atoms with van der Waals surface area (Å²) in [7, 11) is 1.63. The van der Waals surface area contributed by atoms with Crippen molar-refractivity contribution in [3.8, 4) is 0 Å². The van der Waals surface area contributed by atoms with E-state index in [0.717, 1.165) is 17.5 Å². The van der Waals surface area contributed by atoms with Crippen LogP contribution in [0.15, 0.2) is 40.2 Å². The number of nitrogens with one attached hydrogen (secondary N) is 1. The Labute approximate surface area is 175 Å². The first kappa shape index (κ1) is 19.5. The van der Waals surface area contributed by atoms with Crippen LogP contribution in [0.2, 0.25) is 0 Å². The number of aryl methyl sites for hydroxylation is 1. The molecule has 4 rings (SSSR count). The molecular formula is C20H20N4O3S2. The molecule has 0 radical (unpaired) electrons. The van der Waals surface area contributed by atoms with Crippen molar-refractivity contribution in [2.45, 2.75) is 19.4 Å². The molecule has 9 heteroatoms. The standard InChI is InChI=1S/C20H20N4O3S2/c1-23-10-13-11-24(19(26)16-9-21-12-29-16)7-5-15(13)17(20(23)27)18(25)22-6-4-14-3-2-8-28-14/h2-3,8-10,12H,4-7,11H2,1H3,(H,22,25). The third-order valence-corrected chi connectivity index (χ3v) is 6.66. The lowest BCUT2D eigenvalue weighted by molar-refractivity contribution is 0.0738. The molecule has 1 N–H and O–H groups in total. The van der Waals surface area contributed by atoms with Crippen LogP contribution < -0.4 is 10.9 Å². The summed E-state index contributed by atoms with van der Waals surface area (Å²) in [5, 5.41) is 4.88. The summed E-state index contributed by atoms with van der Waals surface area (Å²) in [5.74, 6) is -0.421. The van der Waals surface area contributed by atoms with Gasteiger partial charge in [-0.1, -0.05) is 6.07 Å². The number of rotatable bonds is 5. The monoisotopic (exact) mass is 428 g/mol. The number of hydrogen-bond donors (Lipinski definition) is 1. The summed E-state index contributed by atoms with van der Waals surface area (Å²) < 4.78 is 1.42. The van der Waals surface area contributed by atoms with Crippen LogP contribution in [0.1, 0.15) is 36.0 Å². The van der Waals surface area contributed by atoms with Gasteiger partial charge in [0.2, 0.25) is 0 Å². The normalized spacial score (nSPS) is 13.2. The van der Waals surface area contributed by atoms with E-state index >= 15 is 0 Å². The average molecular weight is 429 g/mol. The van der Waals surface area contributed by atoms with Gasteiger partial charge in [0.25, 0.3) is 17.4 Å². The first-order valence-electron chi connectivity index (χ1n) is 9.24. The van der Waals surface area contributed by atoms with Gasteiger partial charge in [-0.15, -0.1) is 22.7 Å². The van der Waals surface area contributed by atoms with E-state index in [1.54, 1.807) is 41.2 Å². The molecule has 0 atom stereocenters. The molecule has 4 heterocycles. The van der Waals surface area contributed by atoms with Gasteiger partial charge in [-0.3, -0.25) is 19.4 Å². The van der Waals surface area contributed by atoms with E-state index in [-0.39, 0.29) is 22.9 Å². The molecule has 29 heavy (non-hydrogen) atoms. The van der Waals surface area contributed by atoms with Gasteiger partial charge < -0.3 is 14.8 Å². The second kappa shape index (κ2) is 8.30. The van der Waals surface area contributed by atoms with Crippen LogP contribution in [0.5, 0.6) is 0 Å². The van der Waals surface area contributed by atoms with Gasteiger partial charge in [0.1, 0.15) is 10.4 Å². The Balaban J connectivity index is 1.54. The van der Waals surface area contributed by atoms with E-state index in [9.17, 15) is 14.4 Å². The zero-order valence-electron chi connectivity index (χ0n) is 15.9. The van der Waals surface area contributed by atoms with Crippen LogP contribution in [0.25, 0.3) is 0 Å². The van der Waals surface area contributed by atoms with Crippen LogP contribution in [0.4, 0.5) is 0 Å². The fourth-order valence-electron chi connectivity index (χ4n) is 3.52. The topological polar surface area (TPSA) is 84.3 Å². The van der Waals surface area contributed by atoms with Gasteiger partial charge in [-0.05, 0) is 35.4 Å². The molecule has 0 fully saturated rings. The van der Waals surface area contributed by atoms with E-state index in [2.05, 4.69) is 10.3 Å². The van der Waals surface area contributed by atoms with Crippen molar-refractivity contribution in [2.24, 2.45) is 7.05 Å². The molecule has 0 saturated heterocycles. The van der Waals surface area contributed by atoms with Crippen molar-refractivity contribution in [2.75, 3.05) is 13.1 Å². The summed E-state index contributed by atoms with van der Waals surface area (Å²) in [4.78, 5) is 45.6. The molecule has 3 aromatic heterocycles. The number of nitrogens with zero attached hydrogens (tertiary/aromatic N) is 3. The molecule has 0 saturated carbocycles. The van der Waals surface area contributed by atoms with Gasteiger partial charge in [0, 0.05) is 37.8 Å². The quantitative estimate of drug-likeness (QED) is 0.674. The number of pyridine rings is 1. The molecule has 0 aromatic carbocycles. The average Bonchev–Trinajstić information content (AvgIpc) is 3.42. The summed E-state index contributed by atoms with van der Waals surface area (Å²) in [6.45, 7) is 1.31. The zero-order valence-corrected chi connectivity index (χ0v) is 17.5. The summed E-state index contributed by atoms with van der Waals surface area (Å²) in [6, 6.07) is 4.00. The minimum atomic E-state index is -0.346. The van der Waals surface area contributed by atoms with Crippen molar-refractivity contribution >= 4 is 34.5 Å². The lowest BCUT2D eigenvalue weighted by atomic mass is 9.96. The van der Waals surface area contributed by atoms with E-state index < -0.39 is 0 Å². The summed E-state index contributed by atoms with van der Waals surface area (Å²) >= 11 is 2.95. The molecule has 3 aromatic rings. The second-order valence-corrected chi connectivity index (χ2v) is 8.77. The highest BCUT2D eigenvalue weighted by molar-refractivity contribution is 7.11. The molecule has 1 aliphatic rings. The third kappa shape index (κ3) is 4.01. The molecule has 1 aliphatic heterocycles. The third-order valence-electron chi connectivity index (χ3n) is 4.96. The van der Waals surface area contributed by atoms with Crippen molar-refractivity contribution in [1.82, 2.24) is 19.8 Å². The zero-order chi connectivity index (χ0) is 20.4. The minimum absolute atomic E-state index is 0.0750. The van der Waals surface area contributed by atoms with Crippen molar-refractivity contribution in [1.29, 1.82) is 0 Å². The maximum atomic E-state index is 12.8. The minimum Gasteiger partial charge on any atom is -0.351 e. The van der Waals surface area contributed by atoms with Crippen LogP contribution in [0.3, 0.4) is 0 Å². The van der Waals surface area contributed by atoms with Gasteiger partial charge in [0.05, 0.1) is 11.7 Å². The molecule has 150 valence electrons. The number of amides is 2. The Bertz CT molecular complexity index is 1090. The van der Waals surface area contributed by atoms with Crippen LogP contribution in [-0.4, -0.2) is 39.4 Å². The van der Waals surface area contributed by atoms with Crippen molar-refractivity contribution in [3.05, 3.63) is 72.2 Å². The fourth-order valence-corrected chi connectivity index (χ4v) is 4.81. The van der Waals surface area contributed by atoms with Crippen LogP contribution in [-0.2, 0) is 26.4 Å². The Morgan fingerprint density at radius 2 is 2.17 bits per heavy atom. The predicted octanol–water partition coefficient (Wildman–Crippen LogP) is 2.07. The van der Waals surface area contributed by atoms with Gasteiger partial charge in [-0.25, -0.2) is 0 Å². The lowest BCUT2D eigenvalue weighted by Crippen LogP contribution is -2.41. The lowest BCUT2D eigenvalue weighted by Gasteiger charge is -2.29. The molecule has 0 aliphatic carbocycles. The fraction of sp³-hybridized carbons (Fsp3) is 0.300. The van der Waals surface area contributed by atoms with Gasteiger partial charge in [-0.2, -0.15) is 0 Å². The number of carbonyl (C=O) groups excluding carboxylic acids is 2. The van der Waals surface area contributed by atoms with E-state index in [0.29, 0.717) is 30.9 Å². The first-order valence-corrected chi connectivity index (χ1v) is 11.0. The maximum absolute atomic E-state index is 12.8. The highest BCUT2D eigenvalue weighted by atomic mass is 32.1. The Hall–Kier alpha value is -2.78. The molecule has 7 nitrogen and oxygen atoms in total. The summed E-state index contributed by atoms with van der Waals surface area (Å²) in [6.07, 6.45) is 4.50. The molecule has 0 unspecified atom stereocenters. The van der Waals surface area contributed by atoms with Crippen molar-refractivity contribution < 1.29 is 9.59 Å². The van der Waals surface area contributed by atoms with Crippen LogP contribution >= 0.6 is 22.7 Å². The maximum Gasteiger partial charge on any atom is 0.265 e. The number of thiophene rings is 1. The number of hydrogen-bond acceptors (Lipinski definition) is 6. The van der Waals surface area contributed by atoms with Crippen molar-refractivity contribution in [3.63, 3.8) is 0 Å². The molecule has 2 amide bonds. The highest BCUT2D eigenvalue weighted by Crippen LogP contribution is 2.23. The first-order chi connectivity index (χ1) is 14.0. The largest absolute Gasteiger partial charge is 0.351 e. The number of fused-ring (bicyclic) bond motifs is 1. The predicted molar refractivity (Wildman–Crippen MR) is 113 cm³/mol. The molecule has 0 bridgehead atoms. The van der Waals surface area contributed by atoms with Gasteiger partial charge >= 0.3 is 0 Å². The molecular weight excluding hydrogens is 408 g/mol. The van der Waals surface area contributed by atoms with E-state index in [1.807, 2.05) is 17.5 Å². The van der Waals surface area contributed by atoms with E-state index in [4.69, 9.17) is 0 Å². The van der Waals surface area contributed by atoms with E-state index in [1.165, 1.54) is 20.8 Å². The Morgan fingerprint density at radius 3 is 2.90 bits per heavy atom. The second-order valence-electron chi connectivity index (χ2n) is 6.85. The SMILES string of the molecule is Cn1cc2c(c(C(=O)NCCc3cccs3)c1=O)CCN(C(=O)c1cncs1)C2. The summed E-state index contributed by atoms with van der Waals surface area (Å²) in [5.41, 5.74) is 3.10. The Morgan fingerprint density at radius 1 is 1.31 bits per heavy atom. The number of carbonyl (C=O) groups is 2. The van der Waals surface area contributed by atoms with Crippen LogP contribution in [0, 0.1) is 0 Å². The number of aromatic nitrogens is 2. The highest BCUT2D eigenvalue weighted by Gasteiger charge is 2.28.